The molecule has 0 aromatic heterocycles. The molecular formula is C21H28BClN2O4. The number of amides is 2. The zero-order valence-corrected chi connectivity index (χ0v) is 18.5. The van der Waals surface area contributed by atoms with Crippen molar-refractivity contribution in [1.29, 1.82) is 0 Å². The average Bonchev–Trinajstić information content (AvgIpc) is 2.87. The molecule has 2 aliphatic rings. The van der Waals surface area contributed by atoms with E-state index < -0.39 is 18.3 Å². The first-order chi connectivity index (χ1) is 13.4. The monoisotopic (exact) mass is 418 g/mol. The van der Waals surface area contributed by atoms with E-state index in [-0.39, 0.29) is 17.9 Å². The van der Waals surface area contributed by atoms with Crippen LogP contribution in [0.2, 0.25) is 5.02 Å². The van der Waals surface area contributed by atoms with Gasteiger partial charge in [-0.3, -0.25) is 9.59 Å². The van der Waals surface area contributed by atoms with E-state index in [0.29, 0.717) is 24.7 Å². The predicted molar refractivity (Wildman–Crippen MR) is 114 cm³/mol. The normalized spacial score (nSPS) is 23.2. The van der Waals surface area contributed by atoms with Crippen molar-refractivity contribution in [2.45, 2.75) is 51.9 Å². The van der Waals surface area contributed by atoms with E-state index in [0.717, 1.165) is 11.0 Å². The lowest BCUT2D eigenvalue weighted by molar-refractivity contribution is -0.139. The van der Waals surface area contributed by atoms with Crippen LogP contribution in [0.5, 0.6) is 0 Å². The molecule has 2 amide bonds. The van der Waals surface area contributed by atoms with Crippen molar-refractivity contribution in [2.75, 3.05) is 19.6 Å². The van der Waals surface area contributed by atoms with Gasteiger partial charge in [-0.05, 0) is 56.9 Å². The molecule has 2 fully saturated rings. The van der Waals surface area contributed by atoms with Crippen molar-refractivity contribution in [2.24, 2.45) is 0 Å². The Hall–Kier alpha value is -1.83. The smallest absolute Gasteiger partial charge is 0.399 e. The Morgan fingerprint density at radius 1 is 1.17 bits per heavy atom. The van der Waals surface area contributed by atoms with Crippen LogP contribution in [0, 0.1) is 0 Å². The Balaban J connectivity index is 1.97. The zero-order chi connectivity index (χ0) is 21.6. The van der Waals surface area contributed by atoms with Gasteiger partial charge < -0.3 is 19.1 Å². The van der Waals surface area contributed by atoms with Crippen molar-refractivity contribution < 1.29 is 18.9 Å². The van der Waals surface area contributed by atoms with Crippen LogP contribution in [0.15, 0.2) is 30.9 Å². The summed E-state index contributed by atoms with van der Waals surface area (Å²) in [7, 11) is -0.562. The second kappa shape index (κ2) is 7.78. The van der Waals surface area contributed by atoms with Crippen LogP contribution < -0.4 is 5.46 Å². The summed E-state index contributed by atoms with van der Waals surface area (Å²) in [5, 5.41) is 0.526. The number of halogens is 1. The van der Waals surface area contributed by atoms with Crippen molar-refractivity contribution in [3.05, 3.63) is 41.4 Å². The summed E-state index contributed by atoms with van der Waals surface area (Å²) in [4.78, 5) is 27.9. The zero-order valence-electron chi connectivity index (χ0n) is 17.7. The molecule has 2 saturated heterocycles. The highest BCUT2D eigenvalue weighted by molar-refractivity contribution is 6.62. The third-order valence-electron chi connectivity index (χ3n) is 6.14. The minimum Gasteiger partial charge on any atom is -0.399 e. The number of hydrogen-bond donors (Lipinski definition) is 0. The lowest BCUT2D eigenvalue weighted by Gasteiger charge is -2.41. The van der Waals surface area contributed by atoms with Crippen LogP contribution in [-0.4, -0.2) is 59.6 Å². The molecule has 2 aliphatic heterocycles. The van der Waals surface area contributed by atoms with Crippen LogP contribution in [0.4, 0.5) is 0 Å². The molecule has 29 heavy (non-hydrogen) atoms. The van der Waals surface area contributed by atoms with Gasteiger partial charge in [-0.1, -0.05) is 24.2 Å². The van der Waals surface area contributed by atoms with E-state index in [2.05, 4.69) is 6.58 Å². The second-order valence-corrected chi connectivity index (χ2v) is 9.06. The SMILES string of the molecule is C=CC(=O)N1CCN(C(C)=O)C[C@H]1c1cc(Cl)cc(B2OC(C)(C)C(C)(C)O2)c1. The summed E-state index contributed by atoms with van der Waals surface area (Å²) in [6.45, 7) is 14.5. The molecule has 0 unspecified atom stereocenters. The maximum Gasteiger partial charge on any atom is 0.494 e. The van der Waals surface area contributed by atoms with Gasteiger partial charge in [-0.25, -0.2) is 0 Å². The van der Waals surface area contributed by atoms with E-state index in [1.54, 1.807) is 9.80 Å². The van der Waals surface area contributed by atoms with Crippen LogP contribution in [0.1, 0.15) is 46.2 Å². The van der Waals surface area contributed by atoms with Crippen LogP contribution in [-0.2, 0) is 18.9 Å². The molecule has 1 aromatic rings. The number of benzene rings is 1. The van der Waals surface area contributed by atoms with Gasteiger partial charge in [0, 0.05) is 31.6 Å². The fraction of sp³-hybridized carbons (Fsp3) is 0.524. The van der Waals surface area contributed by atoms with Gasteiger partial charge in [-0.2, -0.15) is 0 Å². The average molecular weight is 419 g/mol. The molecule has 3 rings (SSSR count). The van der Waals surface area contributed by atoms with Gasteiger partial charge in [0.2, 0.25) is 11.8 Å². The Morgan fingerprint density at radius 2 is 1.79 bits per heavy atom. The number of hydrogen-bond acceptors (Lipinski definition) is 4. The van der Waals surface area contributed by atoms with Gasteiger partial charge in [0.05, 0.1) is 17.2 Å². The van der Waals surface area contributed by atoms with Crippen molar-refractivity contribution in [3.8, 4) is 0 Å². The predicted octanol–water partition coefficient (Wildman–Crippen LogP) is 2.56. The molecule has 0 N–H and O–H groups in total. The summed E-state index contributed by atoms with van der Waals surface area (Å²) in [6.07, 6.45) is 1.30. The highest BCUT2D eigenvalue weighted by Gasteiger charge is 2.52. The third kappa shape index (κ3) is 4.22. The Morgan fingerprint density at radius 3 is 2.34 bits per heavy atom. The van der Waals surface area contributed by atoms with Crippen molar-refractivity contribution in [1.82, 2.24) is 9.80 Å². The third-order valence-corrected chi connectivity index (χ3v) is 6.35. The molecule has 156 valence electrons. The Labute approximate surface area is 177 Å². The lowest BCUT2D eigenvalue weighted by Crippen LogP contribution is -2.51. The molecule has 0 aliphatic carbocycles. The summed E-state index contributed by atoms with van der Waals surface area (Å²) in [5.41, 5.74) is 0.683. The summed E-state index contributed by atoms with van der Waals surface area (Å²) in [5.74, 6) is -0.190. The summed E-state index contributed by atoms with van der Waals surface area (Å²) < 4.78 is 12.3. The van der Waals surface area contributed by atoms with Crippen LogP contribution in [0.3, 0.4) is 0 Å². The first kappa shape index (κ1) is 21.9. The van der Waals surface area contributed by atoms with Gasteiger partial charge in [0.1, 0.15) is 0 Å². The molecular weight excluding hydrogens is 391 g/mol. The Bertz CT molecular complexity index is 826. The molecule has 0 radical (unpaired) electrons. The molecule has 0 bridgehead atoms. The number of carbonyl (C=O) groups is 2. The molecule has 0 spiro atoms. The first-order valence-corrected chi connectivity index (χ1v) is 10.2. The molecule has 8 heteroatoms. The summed E-state index contributed by atoms with van der Waals surface area (Å²) >= 11 is 6.43. The molecule has 1 aromatic carbocycles. The van der Waals surface area contributed by atoms with E-state index in [1.807, 2.05) is 45.9 Å². The lowest BCUT2D eigenvalue weighted by atomic mass is 9.77. The summed E-state index contributed by atoms with van der Waals surface area (Å²) in [6, 6.07) is 5.27. The highest BCUT2D eigenvalue weighted by Crippen LogP contribution is 2.37. The minimum absolute atomic E-state index is 0.0195. The number of nitrogens with zero attached hydrogens (tertiary/aromatic N) is 2. The standard InChI is InChI=1S/C21H28BClN2O4/c1-7-19(27)25-9-8-24(14(2)26)13-18(25)15-10-16(12-17(23)11-15)22-28-20(3,4)21(5,6)29-22/h7,10-12,18H,1,8-9,13H2,2-6H3/t18-/m0/s1. The van der Waals surface area contributed by atoms with Gasteiger partial charge in [-0.15, -0.1) is 0 Å². The number of carbonyl (C=O) groups excluding carboxylic acids is 2. The quantitative estimate of drug-likeness (QED) is 0.559. The van der Waals surface area contributed by atoms with Gasteiger partial charge in [0.15, 0.2) is 0 Å². The van der Waals surface area contributed by atoms with Crippen molar-refractivity contribution >= 4 is 36.0 Å². The topological polar surface area (TPSA) is 59.1 Å². The second-order valence-electron chi connectivity index (χ2n) is 8.62. The van der Waals surface area contributed by atoms with Crippen molar-refractivity contribution in [3.63, 3.8) is 0 Å². The number of rotatable bonds is 3. The first-order valence-electron chi connectivity index (χ1n) is 9.80. The fourth-order valence-electron chi connectivity index (χ4n) is 3.68. The minimum atomic E-state index is -0.562. The van der Waals surface area contributed by atoms with E-state index in [9.17, 15) is 9.59 Å². The van der Waals surface area contributed by atoms with E-state index in [4.69, 9.17) is 20.9 Å². The molecule has 6 nitrogen and oxygen atoms in total. The fourth-order valence-corrected chi connectivity index (χ4v) is 3.93. The van der Waals surface area contributed by atoms with E-state index in [1.165, 1.54) is 13.0 Å². The van der Waals surface area contributed by atoms with Crippen LogP contribution in [0.25, 0.3) is 0 Å². The van der Waals surface area contributed by atoms with Gasteiger partial charge in [0.25, 0.3) is 0 Å². The molecule has 1 atom stereocenters. The van der Waals surface area contributed by atoms with Gasteiger partial charge >= 0.3 is 7.12 Å². The number of piperazine rings is 1. The Kier molecular flexibility index (Phi) is 5.87. The largest absolute Gasteiger partial charge is 0.494 e. The highest BCUT2D eigenvalue weighted by atomic mass is 35.5. The maximum absolute atomic E-state index is 12.4. The molecule has 0 saturated carbocycles. The van der Waals surface area contributed by atoms with E-state index >= 15 is 0 Å². The molecule has 2 heterocycles. The van der Waals surface area contributed by atoms with Crippen LogP contribution >= 0.6 is 11.6 Å². The maximum atomic E-state index is 12.4.